The Morgan fingerprint density at radius 2 is 2.30 bits per heavy atom. The zero-order chi connectivity index (χ0) is 13.5. The highest BCUT2D eigenvalue weighted by atomic mass is 16.2. The second kappa shape index (κ2) is 4.59. The molecule has 2 atom stereocenters. The Labute approximate surface area is 117 Å². The fourth-order valence-corrected chi connectivity index (χ4v) is 3.50. The Kier molecular flexibility index (Phi) is 2.73. The third kappa shape index (κ3) is 1.81. The van der Waals surface area contributed by atoms with Crippen LogP contribution in [0.25, 0.3) is 5.52 Å². The number of likely N-dealkylation sites (tertiary alicyclic amines) is 1. The van der Waals surface area contributed by atoms with Crippen LogP contribution in [0.2, 0.25) is 0 Å². The van der Waals surface area contributed by atoms with Crippen LogP contribution >= 0.6 is 0 Å². The van der Waals surface area contributed by atoms with E-state index in [0.29, 0.717) is 12.0 Å². The molecule has 4 rings (SSSR count). The quantitative estimate of drug-likeness (QED) is 0.846. The van der Waals surface area contributed by atoms with Crippen LogP contribution < -0.4 is 5.32 Å². The van der Waals surface area contributed by atoms with Crippen molar-refractivity contribution in [3.05, 3.63) is 36.2 Å². The van der Waals surface area contributed by atoms with Gasteiger partial charge in [0.15, 0.2) is 0 Å². The summed E-state index contributed by atoms with van der Waals surface area (Å²) < 4.78 is 1.76. The molecule has 5 nitrogen and oxygen atoms in total. The second-order valence-corrected chi connectivity index (χ2v) is 5.74. The minimum Gasteiger partial charge on any atom is -0.338 e. The molecule has 0 spiro atoms. The monoisotopic (exact) mass is 270 g/mol. The molecule has 2 aliphatic heterocycles. The van der Waals surface area contributed by atoms with Gasteiger partial charge in [-0.3, -0.25) is 4.79 Å². The van der Waals surface area contributed by atoms with Crippen LogP contribution in [-0.4, -0.2) is 46.1 Å². The number of rotatable bonds is 1. The molecule has 0 aliphatic carbocycles. The van der Waals surface area contributed by atoms with Crippen LogP contribution in [0.15, 0.2) is 30.6 Å². The molecule has 5 heteroatoms. The molecule has 0 bridgehead atoms. The Bertz CT molecular complexity index is 650. The van der Waals surface area contributed by atoms with Gasteiger partial charge in [-0.25, -0.2) is 4.52 Å². The van der Waals surface area contributed by atoms with E-state index in [1.165, 1.54) is 6.42 Å². The summed E-state index contributed by atoms with van der Waals surface area (Å²) in [6.07, 6.45) is 5.81. The maximum absolute atomic E-state index is 12.7. The molecule has 2 saturated heterocycles. The lowest BCUT2D eigenvalue weighted by atomic mass is 9.93. The molecule has 1 amide bonds. The van der Waals surface area contributed by atoms with Gasteiger partial charge in [0.25, 0.3) is 5.91 Å². The van der Waals surface area contributed by atoms with Crippen LogP contribution in [0.3, 0.4) is 0 Å². The number of carbonyl (C=O) groups excluding carboxylic acids is 1. The molecule has 20 heavy (non-hydrogen) atoms. The summed E-state index contributed by atoms with van der Waals surface area (Å²) in [5.74, 6) is 0.742. The second-order valence-electron chi connectivity index (χ2n) is 5.74. The summed E-state index contributed by atoms with van der Waals surface area (Å²) in [5, 5.41) is 7.79. The highest BCUT2D eigenvalue weighted by molar-refractivity contribution is 6.00. The number of piperidine rings is 1. The third-order valence-electron chi connectivity index (χ3n) is 4.60. The molecular weight excluding hydrogens is 252 g/mol. The van der Waals surface area contributed by atoms with Gasteiger partial charge in [-0.15, -0.1) is 0 Å². The van der Waals surface area contributed by atoms with Crippen molar-refractivity contribution < 1.29 is 4.79 Å². The highest BCUT2D eigenvalue weighted by Crippen LogP contribution is 2.26. The molecule has 1 N–H and O–H groups in total. The van der Waals surface area contributed by atoms with Crippen molar-refractivity contribution in [1.29, 1.82) is 0 Å². The van der Waals surface area contributed by atoms with E-state index < -0.39 is 0 Å². The summed E-state index contributed by atoms with van der Waals surface area (Å²) in [6, 6.07) is 6.43. The number of fused-ring (bicyclic) bond motifs is 2. The van der Waals surface area contributed by atoms with Crippen LogP contribution in [0.4, 0.5) is 0 Å². The lowest BCUT2D eigenvalue weighted by molar-refractivity contribution is 0.0664. The molecular formula is C15H18N4O. The molecule has 104 valence electrons. The number of carbonyl (C=O) groups is 1. The predicted octanol–water partition coefficient (Wildman–Crippen LogP) is 1.16. The van der Waals surface area contributed by atoms with Crippen molar-refractivity contribution in [3.63, 3.8) is 0 Å². The number of nitrogens with zero attached hydrogens (tertiary/aromatic N) is 3. The third-order valence-corrected chi connectivity index (χ3v) is 4.60. The summed E-state index contributed by atoms with van der Waals surface area (Å²) >= 11 is 0. The molecule has 2 aliphatic rings. The van der Waals surface area contributed by atoms with Crippen molar-refractivity contribution in [2.75, 3.05) is 19.6 Å². The van der Waals surface area contributed by atoms with E-state index in [1.54, 1.807) is 10.7 Å². The van der Waals surface area contributed by atoms with E-state index in [9.17, 15) is 4.79 Å². The van der Waals surface area contributed by atoms with Gasteiger partial charge in [-0.05, 0) is 37.4 Å². The zero-order valence-corrected chi connectivity index (χ0v) is 11.3. The first-order valence-corrected chi connectivity index (χ1v) is 7.28. The summed E-state index contributed by atoms with van der Waals surface area (Å²) in [5.41, 5.74) is 1.61. The fraction of sp³-hybridized carbons (Fsp3) is 0.467. The van der Waals surface area contributed by atoms with Crippen LogP contribution in [-0.2, 0) is 0 Å². The average molecular weight is 270 g/mol. The van der Waals surface area contributed by atoms with Gasteiger partial charge in [0.05, 0.1) is 17.3 Å². The van der Waals surface area contributed by atoms with Crippen molar-refractivity contribution in [2.24, 2.45) is 5.92 Å². The molecule has 2 unspecified atom stereocenters. The van der Waals surface area contributed by atoms with Crippen molar-refractivity contribution in [3.8, 4) is 0 Å². The summed E-state index contributed by atoms with van der Waals surface area (Å²) in [4.78, 5) is 14.7. The normalized spacial score (nSPS) is 25.9. The van der Waals surface area contributed by atoms with E-state index in [4.69, 9.17) is 0 Å². The topological polar surface area (TPSA) is 49.6 Å². The summed E-state index contributed by atoms with van der Waals surface area (Å²) in [7, 11) is 0. The maximum atomic E-state index is 12.7. The predicted molar refractivity (Wildman–Crippen MR) is 75.6 cm³/mol. The first-order chi connectivity index (χ1) is 9.83. The number of hydrogen-bond acceptors (Lipinski definition) is 3. The molecule has 0 saturated carbocycles. The number of aromatic nitrogens is 2. The Morgan fingerprint density at radius 3 is 3.25 bits per heavy atom. The van der Waals surface area contributed by atoms with E-state index in [-0.39, 0.29) is 5.91 Å². The number of pyridine rings is 1. The largest absolute Gasteiger partial charge is 0.338 e. The van der Waals surface area contributed by atoms with E-state index in [2.05, 4.69) is 10.4 Å². The average Bonchev–Trinajstić information content (AvgIpc) is 3.12. The van der Waals surface area contributed by atoms with E-state index in [1.807, 2.05) is 29.3 Å². The van der Waals surface area contributed by atoms with Crippen molar-refractivity contribution >= 4 is 11.4 Å². The van der Waals surface area contributed by atoms with Gasteiger partial charge in [0, 0.05) is 25.3 Å². The zero-order valence-electron chi connectivity index (χ0n) is 11.3. The Balaban J connectivity index is 1.61. The highest BCUT2D eigenvalue weighted by Gasteiger charge is 2.35. The van der Waals surface area contributed by atoms with Crippen LogP contribution in [0, 0.1) is 5.92 Å². The van der Waals surface area contributed by atoms with Crippen LogP contribution in [0.1, 0.15) is 23.2 Å². The molecule has 4 heterocycles. The van der Waals surface area contributed by atoms with Crippen molar-refractivity contribution in [1.82, 2.24) is 19.8 Å². The Morgan fingerprint density at radius 1 is 1.35 bits per heavy atom. The molecule has 2 aromatic rings. The van der Waals surface area contributed by atoms with E-state index in [0.717, 1.165) is 37.1 Å². The lowest BCUT2D eigenvalue weighted by Crippen LogP contribution is -2.46. The maximum Gasteiger partial charge on any atom is 0.257 e. The lowest BCUT2D eigenvalue weighted by Gasteiger charge is -2.34. The SMILES string of the molecule is O=C(c1cnn2ccccc12)N1CCC2NCCC2C1. The summed E-state index contributed by atoms with van der Waals surface area (Å²) in [6.45, 7) is 2.81. The van der Waals surface area contributed by atoms with Crippen LogP contribution in [0.5, 0.6) is 0 Å². The molecule has 2 fully saturated rings. The van der Waals surface area contributed by atoms with Gasteiger partial charge in [0.1, 0.15) is 0 Å². The van der Waals surface area contributed by atoms with Gasteiger partial charge in [-0.1, -0.05) is 6.07 Å². The van der Waals surface area contributed by atoms with E-state index >= 15 is 0 Å². The van der Waals surface area contributed by atoms with Gasteiger partial charge in [-0.2, -0.15) is 5.10 Å². The smallest absolute Gasteiger partial charge is 0.257 e. The number of nitrogens with one attached hydrogen (secondary N) is 1. The minimum absolute atomic E-state index is 0.122. The molecule has 2 aromatic heterocycles. The van der Waals surface area contributed by atoms with Gasteiger partial charge < -0.3 is 10.2 Å². The number of hydrogen-bond donors (Lipinski definition) is 1. The number of amides is 1. The first-order valence-electron chi connectivity index (χ1n) is 7.28. The molecule has 0 aromatic carbocycles. The van der Waals surface area contributed by atoms with Crippen molar-refractivity contribution in [2.45, 2.75) is 18.9 Å². The fourth-order valence-electron chi connectivity index (χ4n) is 3.50. The first kappa shape index (κ1) is 11.9. The standard InChI is InChI=1S/C15H18N4O/c20-15(12-9-17-19-7-2-1-3-14(12)19)18-8-5-13-11(10-18)4-6-16-13/h1-3,7,9,11,13,16H,4-6,8,10H2. The molecule has 0 radical (unpaired) electrons. The van der Waals surface area contributed by atoms with Gasteiger partial charge >= 0.3 is 0 Å². The van der Waals surface area contributed by atoms with Gasteiger partial charge in [0.2, 0.25) is 0 Å². The minimum atomic E-state index is 0.122. The Hall–Kier alpha value is -1.88.